The second-order valence-electron chi connectivity index (χ2n) is 6.33. The summed E-state index contributed by atoms with van der Waals surface area (Å²) >= 11 is 1.63. The van der Waals surface area contributed by atoms with Gasteiger partial charge in [0.2, 0.25) is 5.91 Å². The molecule has 0 aliphatic heterocycles. The van der Waals surface area contributed by atoms with E-state index in [1.54, 1.807) is 18.4 Å². The molecule has 2 aromatic heterocycles. The molecular formula is C17H23N3O3S. The molecule has 2 heterocycles. The van der Waals surface area contributed by atoms with Crippen molar-refractivity contribution in [3.63, 3.8) is 0 Å². The van der Waals surface area contributed by atoms with Crippen LogP contribution in [-0.2, 0) is 28.8 Å². The minimum atomic E-state index is -0.0671. The van der Waals surface area contributed by atoms with Gasteiger partial charge in [-0.15, -0.1) is 11.3 Å². The Kier molecular flexibility index (Phi) is 5.30. The van der Waals surface area contributed by atoms with Crippen molar-refractivity contribution in [1.29, 1.82) is 0 Å². The molecule has 1 atom stereocenters. The number of H-pyrrole nitrogens is 1. The molecule has 0 spiro atoms. The number of fused-ring (bicyclic) bond motifs is 3. The molecule has 6 nitrogen and oxygen atoms in total. The highest BCUT2D eigenvalue weighted by Crippen LogP contribution is 2.33. The largest absolute Gasteiger partial charge is 0.383 e. The molecule has 130 valence electrons. The van der Waals surface area contributed by atoms with Crippen LogP contribution in [0.2, 0.25) is 0 Å². The lowest BCUT2D eigenvalue weighted by molar-refractivity contribution is -0.122. The molecule has 0 radical (unpaired) electrons. The number of carbonyl (C=O) groups is 1. The van der Waals surface area contributed by atoms with Crippen LogP contribution in [0, 0.1) is 0 Å². The average molecular weight is 349 g/mol. The Labute approximate surface area is 144 Å². The first-order valence-corrected chi connectivity index (χ1v) is 9.22. The van der Waals surface area contributed by atoms with Crippen molar-refractivity contribution < 1.29 is 9.53 Å². The Morgan fingerprint density at radius 2 is 2.21 bits per heavy atom. The van der Waals surface area contributed by atoms with E-state index in [0.717, 1.165) is 29.5 Å². The third-order valence-electron chi connectivity index (χ3n) is 4.29. The van der Waals surface area contributed by atoms with Crippen molar-refractivity contribution in [3.05, 3.63) is 26.6 Å². The molecule has 1 aliphatic carbocycles. The van der Waals surface area contributed by atoms with Gasteiger partial charge in [0, 0.05) is 30.9 Å². The predicted octanol–water partition coefficient (Wildman–Crippen LogP) is 1.95. The minimum Gasteiger partial charge on any atom is -0.383 e. The fraction of sp³-hybridized carbons (Fsp3) is 0.588. The van der Waals surface area contributed by atoms with E-state index in [4.69, 9.17) is 4.74 Å². The first-order valence-electron chi connectivity index (χ1n) is 8.40. The predicted molar refractivity (Wildman–Crippen MR) is 94.7 cm³/mol. The SMILES string of the molecule is COCC(C)NC(=O)CCc1nc2sc3c(c2c(=O)[nH]1)CCCC3. The van der Waals surface area contributed by atoms with Crippen LogP contribution in [0.5, 0.6) is 0 Å². The van der Waals surface area contributed by atoms with Crippen LogP contribution in [0.25, 0.3) is 10.2 Å². The smallest absolute Gasteiger partial charge is 0.259 e. The maximum atomic E-state index is 12.4. The van der Waals surface area contributed by atoms with Crippen LogP contribution in [0.4, 0.5) is 0 Å². The molecule has 0 bridgehead atoms. The number of nitrogens with one attached hydrogen (secondary N) is 2. The van der Waals surface area contributed by atoms with E-state index in [0.29, 0.717) is 25.3 Å². The van der Waals surface area contributed by atoms with Gasteiger partial charge in [-0.2, -0.15) is 0 Å². The van der Waals surface area contributed by atoms with E-state index >= 15 is 0 Å². The Balaban J connectivity index is 1.72. The van der Waals surface area contributed by atoms with Crippen molar-refractivity contribution in [2.75, 3.05) is 13.7 Å². The summed E-state index contributed by atoms with van der Waals surface area (Å²) in [4.78, 5) is 33.9. The topological polar surface area (TPSA) is 84.1 Å². The molecular weight excluding hydrogens is 326 g/mol. The van der Waals surface area contributed by atoms with E-state index in [2.05, 4.69) is 15.3 Å². The number of aromatic nitrogens is 2. The molecule has 24 heavy (non-hydrogen) atoms. The van der Waals surface area contributed by atoms with E-state index in [1.807, 2.05) is 6.92 Å². The van der Waals surface area contributed by atoms with Crippen LogP contribution >= 0.6 is 11.3 Å². The summed E-state index contributed by atoms with van der Waals surface area (Å²) in [5.74, 6) is 0.522. The van der Waals surface area contributed by atoms with E-state index in [9.17, 15) is 9.59 Å². The Morgan fingerprint density at radius 1 is 1.42 bits per heavy atom. The highest BCUT2D eigenvalue weighted by atomic mass is 32.1. The van der Waals surface area contributed by atoms with Crippen LogP contribution in [0.15, 0.2) is 4.79 Å². The highest BCUT2D eigenvalue weighted by molar-refractivity contribution is 7.18. The number of rotatable bonds is 6. The quantitative estimate of drug-likeness (QED) is 0.835. The summed E-state index contributed by atoms with van der Waals surface area (Å²) in [6.07, 6.45) is 5.07. The van der Waals surface area contributed by atoms with Crippen molar-refractivity contribution in [2.24, 2.45) is 0 Å². The average Bonchev–Trinajstić information content (AvgIpc) is 2.92. The number of hydrogen-bond donors (Lipinski definition) is 2. The zero-order chi connectivity index (χ0) is 17.1. The molecule has 0 saturated heterocycles. The third kappa shape index (κ3) is 3.67. The number of amides is 1. The van der Waals surface area contributed by atoms with Crippen molar-refractivity contribution >= 4 is 27.5 Å². The Hall–Kier alpha value is -1.73. The van der Waals surface area contributed by atoms with Gasteiger partial charge in [-0.05, 0) is 38.2 Å². The summed E-state index contributed by atoms with van der Waals surface area (Å²) in [6.45, 7) is 2.37. The number of ether oxygens (including phenoxy) is 1. The van der Waals surface area contributed by atoms with Gasteiger partial charge in [0.1, 0.15) is 10.7 Å². The number of aromatic amines is 1. The zero-order valence-electron chi connectivity index (χ0n) is 14.1. The zero-order valence-corrected chi connectivity index (χ0v) is 14.9. The summed E-state index contributed by atoms with van der Waals surface area (Å²) in [5.41, 5.74) is 1.12. The van der Waals surface area contributed by atoms with E-state index in [1.165, 1.54) is 16.9 Å². The van der Waals surface area contributed by atoms with Gasteiger partial charge in [0.25, 0.3) is 5.56 Å². The highest BCUT2D eigenvalue weighted by Gasteiger charge is 2.20. The molecule has 2 N–H and O–H groups in total. The van der Waals surface area contributed by atoms with Gasteiger partial charge in [-0.1, -0.05) is 0 Å². The fourth-order valence-corrected chi connectivity index (χ4v) is 4.48. The van der Waals surface area contributed by atoms with Crippen LogP contribution in [0.1, 0.15) is 42.5 Å². The molecule has 0 saturated carbocycles. The first kappa shape index (κ1) is 17.1. The number of aryl methyl sites for hydroxylation is 3. The van der Waals surface area contributed by atoms with Crippen LogP contribution in [0.3, 0.4) is 0 Å². The van der Waals surface area contributed by atoms with E-state index in [-0.39, 0.29) is 17.5 Å². The number of nitrogens with zero attached hydrogens (tertiary/aromatic N) is 1. The molecule has 3 rings (SSSR count). The Bertz CT molecular complexity index is 796. The Morgan fingerprint density at radius 3 is 3.00 bits per heavy atom. The number of thiophene rings is 1. The lowest BCUT2D eigenvalue weighted by Crippen LogP contribution is -2.35. The van der Waals surface area contributed by atoms with Crippen molar-refractivity contribution in [3.8, 4) is 0 Å². The van der Waals surface area contributed by atoms with Crippen LogP contribution < -0.4 is 10.9 Å². The molecule has 2 aromatic rings. The molecule has 1 aliphatic rings. The molecule has 1 amide bonds. The summed E-state index contributed by atoms with van der Waals surface area (Å²) in [7, 11) is 1.60. The standard InChI is InChI=1S/C17H23N3O3S/c1-10(9-23-2)18-14(21)8-7-13-19-16(22)15-11-5-3-4-6-12(11)24-17(15)20-13/h10H,3-9H2,1-2H3,(H,18,21)(H,19,20,22). The van der Waals surface area contributed by atoms with Gasteiger partial charge < -0.3 is 15.0 Å². The minimum absolute atomic E-state index is 0.0268. The monoisotopic (exact) mass is 349 g/mol. The fourth-order valence-electron chi connectivity index (χ4n) is 3.20. The second kappa shape index (κ2) is 7.44. The van der Waals surface area contributed by atoms with Gasteiger partial charge >= 0.3 is 0 Å². The molecule has 0 fully saturated rings. The third-order valence-corrected chi connectivity index (χ3v) is 5.47. The van der Waals surface area contributed by atoms with E-state index < -0.39 is 0 Å². The van der Waals surface area contributed by atoms with Gasteiger partial charge in [0.05, 0.1) is 12.0 Å². The maximum absolute atomic E-state index is 12.4. The van der Waals surface area contributed by atoms with Gasteiger partial charge in [-0.25, -0.2) is 4.98 Å². The maximum Gasteiger partial charge on any atom is 0.259 e. The number of carbonyl (C=O) groups excluding carboxylic acids is 1. The molecule has 7 heteroatoms. The van der Waals surface area contributed by atoms with Gasteiger partial charge in [-0.3, -0.25) is 9.59 Å². The van der Waals surface area contributed by atoms with Crippen molar-refractivity contribution in [1.82, 2.24) is 15.3 Å². The lowest BCUT2D eigenvalue weighted by Gasteiger charge is -2.12. The second-order valence-corrected chi connectivity index (χ2v) is 7.41. The van der Waals surface area contributed by atoms with Gasteiger partial charge in [0.15, 0.2) is 0 Å². The number of hydrogen-bond acceptors (Lipinski definition) is 5. The first-order chi connectivity index (χ1) is 11.6. The molecule has 1 unspecified atom stereocenters. The normalized spacial score (nSPS) is 15.2. The summed E-state index contributed by atoms with van der Waals surface area (Å²) in [6, 6.07) is -0.0268. The van der Waals surface area contributed by atoms with Crippen LogP contribution in [-0.4, -0.2) is 35.6 Å². The van der Waals surface area contributed by atoms with Crippen molar-refractivity contribution in [2.45, 2.75) is 51.5 Å². The summed E-state index contributed by atoms with van der Waals surface area (Å²) in [5, 5.41) is 3.62. The summed E-state index contributed by atoms with van der Waals surface area (Å²) < 4.78 is 5.00. The molecule has 0 aromatic carbocycles. The lowest BCUT2D eigenvalue weighted by atomic mass is 9.97. The number of methoxy groups -OCH3 is 1.